The van der Waals surface area contributed by atoms with E-state index in [4.69, 9.17) is 11.5 Å². The largest absolute Gasteiger partial charge is 0.480 e. The van der Waals surface area contributed by atoms with Crippen LogP contribution >= 0.6 is 0 Å². The van der Waals surface area contributed by atoms with Gasteiger partial charge in [-0.15, -0.1) is 12.3 Å². The number of hydrogen-bond acceptors (Lipinski definition) is 2. The predicted octanol–water partition coefficient (Wildman–Crippen LogP) is 1.81. The highest BCUT2D eigenvalue weighted by atomic mass is 19.1. The zero-order chi connectivity index (χ0) is 14.3. The summed E-state index contributed by atoms with van der Waals surface area (Å²) in [5, 5.41) is 11.3. The van der Waals surface area contributed by atoms with E-state index in [1.54, 1.807) is 0 Å². The first kappa shape index (κ1) is 14.7. The zero-order valence-corrected chi connectivity index (χ0v) is 10.2. The van der Waals surface area contributed by atoms with Crippen molar-refractivity contribution >= 4 is 11.9 Å². The Balaban J connectivity index is 2.69. The van der Waals surface area contributed by atoms with Gasteiger partial charge in [0, 0.05) is 6.42 Å². The second-order valence-electron chi connectivity index (χ2n) is 3.94. The molecule has 1 aromatic rings. The third-order valence-electron chi connectivity index (χ3n) is 2.54. The Morgan fingerprint density at radius 2 is 2.11 bits per heavy atom. The lowest BCUT2D eigenvalue weighted by atomic mass is 10.1. The molecule has 0 radical (unpaired) electrons. The number of hydrogen-bond donors (Lipinski definition) is 2. The Kier molecular flexibility index (Phi) is 5.55. The van der Waals surface area contributed by atoms with E-state index < -0.39 is 23.7 Å². The van der Waals surface area contributed by atoms with E-state index in [1.165, 1.54) is 18.2 Å². The number of carboxylic acid groups (broad SMARTS) is 1. The fourth-order valence-corrected chi connectivity index (χ4v) is 1.55. The van der Waals surface area contributed by atoms with Gasteiger partial charge in [0.05, 0.1) is 5.56 Å². The zero-order valence-electron chi connectivity index (χ0n) is 10.2. The smallest absolute Gasteiger partial charge is 0.326 e. The number of carboxylic acids is 1. The molecule has 0 bridgehead atoms. The van der Waals surface area contributed by atoms with Crippen molar-refractivity contribution in [2.75, 3.05) is 0 Å². The average Bonchev–Trinajstić information content (AvgIpc) is 2.38. The summed E-state index contributed by atoms with van der Waals surface area (Å²) in [6.07, 6.45) is 6.18. The summed E-state index contributed by atoms with van der Waals surface area (Å²) >= 11 is 0. The quantitative estimate of drug-likeness (QED) is 0.607. The fourth-order valence-electron chi connectivity index (χ4n) is 1.55. The molecule has 0 aliphatic carbocycles. The van der Waals surface area contributed by atoms with Crippen LogP contribution in [-0.4, -0.2) is 23.0 Å². The molecule has 1 aromatic carbocycles. The van der Waals surface area contributed by atoms with Crippen LogP contribution in [0.3, 0.4) is 0 Å². The van der Waals surface area contributed by atoms with Crippen molar-refractivity contribution in [1.29, 1.82) is 0 Å². The van der Waals surface area contributed by atoms with Crippen LogP contribution in [0.15, 0.2) is 24.3 Å². The molecule has 0 heterocycles. The Morgan fingerprint density at radius 1 is 1.42 bits per heavy atom. The van der Waals surface area contributed by atoms with Crippen LogP contribution < -0.4 is 5.32 Å². The first-order valence-corrected chi connectivity index (χ1v) is 5.78. The van der Waals surface area contributed by atoms with Crippen molar-refractivity contribution in [3.63, 3.8) is 0 Å². The van der Waals surface area contributed by atoms with Crippen LogP contribution in [-0.2, 0) is 4.79 Å². The maximum absolute atomic E-state index is 13.4. The normalized spacial score (nSPS) is 11.4. The minimum atomic E-state index is -1.17. The van der Waals surface area contributed by atoms with Gasteiger partial charge >= 0.3 is 5.97 Å². The molecule has 2 N–H and O–H groups in total. The van der Waals surface area contributed by atoms with E-state index in [2.05, 4.69) is 11.2 Å². The van der Waals surface area contributed by atoms with Crippen LogP contribution in [0.4, 0.5) is 4.39 Å². The van der Waals surface area contributed by atoms with Crippen molar-refractivity contribution in [2.24, 2.45) is 0 Å². The Morgan fingerprint density at radius 3 is 2.68 bits per heavy atom. The van der Waals surface area contributed by atoms with Gasteiger partial charge in [0.25, 0.3) is 5.91 Å². The number of nitrogens with one attached hydrogen (secondary N) is 1. The van der Waals surface area contributed by atoms with Gasteiger partial charge < -0.3 is 10.4 Å². The minimum absolute atomic E-state index is 0.175. The number of carbonyl (C=O) groups excluding carboxylic acids is 1. The molecule has 0 spiro atoms. The van der Waals surface area contributed by atoms with E-state index in [9.17, 15) is 14.0 Å². The molecule has 5 heteroatoms. The van der Waals surface area contributed by atoms with Gasteiger partial charge in [-0.25, -0.2) is 9.18 Å². The molecule has 0 saturated carbocycles. The number of amides is 1. The van der Waals surface area contributed by atoms with Crippen molar-refractivity contribution in [3.05, 3.63) is 35.6 Å². The summed E-state index contributed by atoms with van der Waals surface area (Å²) < 4.78 is 13.4. The number of unbranched alkanes of at least 4 members (excludes halogenated alkanes) is 1. The molecule has 1 rings (SSSR count). The van der Waals surface area contributed by atoms with Gasteiger partial charge in [-0.3, -0.25) is 4.79 Å². The Hall–Kier alpha value is -2.35. The maximum atomic E-state index is 13.4. The summed E-state index contributed by atoms with van der Waals surface area (Å²) in [5.41, 5.74) is -0.175. The highest BCUT2D eigenvalue weighted by molar-refractivity contribution is 5.96. The summed E-state index contributed by atoms with van der Waals surface area (Å²) in [4.78, 5) is 22.7. The molecule has 4 nitrogen and oxygen atoms in total. The van der Waals surface area contributed by atoms with Gasteiger partial charge in [-0.2, -0.15) is 0 Å². The molecule has 0 saturated heterocycles. The molecule has 1 atom stereocenters. The van der Waals surface area contributed by atoms with Crippen molar-refractivity contribution < 1.29 is 19.1 Å². The Labute approximate surface area is 110 Å². The van der Waals surface area contributed by atoms with Crippen molar-refractivity contribution in [1.82, 2.24) is 5.32 Å². The summed E-state index contributed by atoms with van der Waals surface area (Å²) in [7, 11) is 0. The molecular formula is C14H14FNO3. The van der Waals surface area contributed by atoms with Crippen molar-refractivity contribution in [3.8, 4) is 12.3 Å². The third-order valence-corrected chi connectivity index (χ3v) is 2.54. The molecule has 19 heavy (non-hydrogen) atoms. The van der Waals surface area contributed by atoms with E-state index in [0.29, 0.717) is 12.8 Å². The lowest BCUT2D eigenvalue weighted by Gasteiger charge is -2.14. The molecule has 0 fully saturated rings. The number of rotatable bonds is 6. The topological polar surface area (TPSA) is 66.4 Å². The number of benzene rings is 1. The fraction of sp³-hybridized carbons (Fsp3) is 0.286. The summed E-state index contributed by atoms with van der Waals surface area (Å²) in [6, 6.07) is 4.33. The monoisotopic (exact) mass is 263 g/mol. The first-order chi connectivity index (χ1) is 9.06. The minimum Gasteiger partial charge on any atom is -0.480 e. The number of aliphatic carboxylic acids is 1. The van der Waals surface area contributed by atoms with E-state index >= 15 is 0 Å². The van der Waals surface area contributed by atoms with Crippen LogP contribution in [0.1, 0.15) is 29.6 Å². The molecule has 100 valence electrons. The second-order valence-corrected chi connectivity index (χ2v) is 3.94. The Bertz CT molecular complexity index is 508. The molecule has 0 aliphatic rings. The van der Waals surface area contributed by atoms with Crippen LogP contribution in [0.25, 0.3) is 0 Å². The van der Waals surface area contributed by atoms with Crippen LogP contribution in [0, 0.1) is 18.2 Å². The van der Waals surface area contributed by atoms with Gasteiger partial charge in [0.1, 0.15) is 11.9 Å². The standard InChI is InChI=1S/C14H14FNO3/c1-2-3-4-9-12(14(18)19)16-13(17)10-7-5-6-8-11(10)15/h1,5-8,12H,3-4,9H2,(H,16,17)(H,18,19)/t12-/m0/s1. The van der Waals surface area contributed by atoms with E-state index in [0.717, 1.165) is 6.07 Å². The molecule has 0 unspecified atom stereocenters. The molecule has 0 aliphatic heterocycles. The second kappa shape index (κ2) is 7.17. The molecule has 1 amide bonds. The van der Waals surface area contributed by atoms with Crippen molar-refractivity contribution in [2.45, 2.75) is 25.3 Å². The number of halogens is 1. The van der Waals surface area contributed by atoms with Gasteiger partial charge in [-0.05, 0) is 25.0 Å². The summed E-state index contributed by atoms with van der Waals surface area (Å²) in [6.45, 7) is 0. The summed E-state index contributed by atoms with van der Waals surface area (Å²) in [5.74, 6) is -0.206. The predicted molar refractivity (Wildman–Crippen MR) is 68.0 cm³/mol. The average molecular weight is 263 g/mol. The van der Waals surface area contributed by atoms with Crippen LogP contribution in [0.5, 0.6) is 0 Å². The van der Waals surface area contributed by atoms with E-state index in [-0.39, 0.29) is 12.0 Å². The van der Waals surface area contributed by atoms with Crippen LogP contribution in [0.2, 0.25) is 0 Å². The van der Waals surface area contributed by atoms with Gasteiger partial charge in [0.2, 0.25) is 0 Å². The highest BCUT2D eigenvalue weighted by Gasteiger charge is 2.21. The van der Waals surface area contributed by atoms with Gasteiger partial charge in [0.15, 0.2) is 0 Å². The third kappa shape index (κ3) is 4.43. The SMILES string of the molecule is C#CCCC[C@H](NC(=O)c1ccccc1F)C(=O)O. The maximum Gasteiger partial charge on any atom is 0.326 e. The lowest BCUT2D eigenvalue weighted by molar-refractivity contribution is -0.139. The van der Waals surface area contributed by atoms with Gasteiger partial charge in [-0.1, -0.05) is 12.1 Å². The molecular weight excluding hydrogens is 249 g/mol. The highest BCUT2D eigenvalue weighted by Crippen LogP contribution is 2.08. The number of carbonyl (C=O) groups is 2. The first-order valence-electron chi connectivity index (χ1n) is 5.78. The molecule has 0 aromatic heterocycles. The lowest BCUT2D eigenvalue weighted by Crippen LogP contribution is -2.41. The van der Waals surface area contributed by atoms with E-state index in [1.807, 2.05) is 0 Å². The number of terminal acetylenes is 1.